The first-order valence-corrected chi connectivity index (χ1v) is 7.43. The summed E-state index contributed by atoms with van der Waals surface area (Å²) in [6, 6.07) is 8.35. The lowest BCUT2D eigenvalue weighted by Crippen LogP contribution is -1.86. The number of fused-ring (bicyclic) bond motifs is 1. The Balaban J connectivity index is 2.40. The summed E-state index contributed by atoms with van der Waals surface area (Å²) in [5.74, 6) is 0. The SMILES string of the molecule is O=Cc1c(-c2cc(Cl)ccc2Cl)[nH]c2cc(Cl)cc(Cl)c12. The quantitative estimate of drug-likeness (QED) is 0.538. The molecule has 0 spiro atoms. The van der Waals surface area contributed by atoms with Crippen LogP contribution in [-0.4, -0.2) is 11.3 Å². The number of aromatic amines is 1. The molecule has 0 aliphatic carbocycles. The number of aldehydes is 1. The van der Waals surface area contributed by atoms with Gasteiger partial charge in [-0.3, -0.25) is 4.79 Å². The summed E-state index contributed by atoms with van der Waals surface area (Å²) in [5.41, 5.74) is 2.29. The fourth-order valence-corrected chi connectivity index (χ4v) is 3.27. The molecule has 0 atom stereocenters. The largest absolute Gasteiger partial charge is 0.354 e. The van der Waals surface area contributed by atoms with E-state index >= 15 is 0 Å². The lowest BCUT2D eigenvalue weighted by Gasteiger charge is -2.04. The molecule has 0 saturated carbocycles. The normalized spacial score (nSPS) is 11.0. The molecule has 0 saturated heterocycles. The first kappa shape index (κ1) is 14.7. The maximum atomic E-state index is 11.5. The number of carbonyl (C=O) groups excluding carboxylic acids is 1. The molecule has 2 nitrogen and oxygen atoms in total. The van der Waals surface area contributed by atoms with Crippen molar-refractivity contribution in [3.8, 4) is 11.3 Å². The molecule has 0 aliphatic rings. The van der Waals surface area contributed by atoms with Gasteiger partial charge in [-0.25, -0.2) is 0 Å². The topological polar surface area (TPSA) is 32.9 Å². The third kappa shape index (κ3) is 2.53. The van der Waals surface area contributed by atoms with Crippen LogP contribution in [0.3, 0.4) is 0 Å². The van der Waals surface area contributed by atoms with E-state index in [4.69, 9.17) is 46.4 Å². The number of nitrogens with one attached hydrogen (secondary N) is 1. The van der Waals surface area contributed by atoms with E-state index in [1.807, 2.05) is 0 Å². The zero-order valence-electron chi connectivity index (χ0n) is 10.4. The van der Waals surface area contributed by atoms with Crippen LogP contribution in [-0.2, 0) is 0 Å². The zero-order chi connectivity index (χ0) is 15.1. The highest BCUT2D eigenvalue weighted by molar-refractivity contribution is 6.40. The number of halogens is 4. The van der Waals surface area contributed by atoms with Crippen molar-refractivity contribution >= 4 is 63.6 Å². The van der Waals surface area contributed by atoms with E-state index in [9.17, 15) is 4.79 Å². The van der Waals surface area contributed by atoms with Gasteiger partial charge in [0, 0.05) is 32.1 Å². The Hall–Kier alpha value is -1.19. The Bertz CT molecular complexity index is 870. The number of rotatable bonds is 2. The second kappa shape index (κ2) is 5.54. The van der Waals surface area contributed by atoms with Gasteiger partial charge in [0.1, 0.15) is 0 Å². The predicted octanol–water partition coefficient (Wildman–Crippen LogP) is 6.26. The molecule has 0 aliphatic heterocycles. The van der Waals surface area contributed by atoms with Crippen molar-refractivity contribution in [3.05, 3.63) is 56.0 Å². The van der Waals surface area contributed by atoms with Gasteiger partial charge in [0.05, 0.1) is 15.7 Å². The minimum Gasteiger partial charge on any atom is -0.354 e. The smallest absolute Gasteiger partial charge is 0.152 e. The van der Waals surface area contributed by atoms with E-state index in [-0.39, 0.29) is 0 Å². The fourth-order valence-electron chi connectivity index (χ4n) is 2.29. The molecule has 3 aromatic rings. The van der Waals surface area contributed by atoms with E-state index in [0.29, 0.717) is 47.8 Å². The minimum absolute atomic E-state index is 0.403. The monoisotopic (exact) mass is 357 g/mol. The molecule has 3 rings (SSSR count). The van der Waals surface area contributed by atoms with Crippen LogP contribution in [0.1, 0.15) is 10.4 Å². The first-order valence-electron chi connectivity index (χ1n) is 5.92. The van der Waals surface area contributed by atoms with Crippen molar-refractivity contribution in [2.24, 2.45) is 0 Å². The van der Waals surface area contributed by atoms with Crippen molar-refractivity contribution in [1.29, 1.82) is 0 Å². The van der Waals surface area contributed by atoms with Gasteiger partial charge in [-0.05, 0) is 30.3 Å². The Labute approximate surface area is 140 Å². The first-order chi connectivity index (χ1) is 10.0. The molecule has 2 aromatic carbocycles. The summed E-state index contributed by atoms with van der Waals surface area (Å²) in [6.45, 7) is 0. The molecule has 6 heteroatoms. The van der Waals surface area contributed by atoms with Crippen LogP contribution in [0.5, 0.6) is 0 Å². The molecule has 0 radical (unpaired) electrons. The molecule has 0 fully saturated rings. The van der Waals surface area contributed by atoms with Crippen LogP contribution in [0, 0.1) is 0 Å². The maximum absolute atomic E-state index is 11.5. The summed E-state index contributed by atoms with van der Waals surface area (Å²) in [4.78, 5) is 14.7. The molecular weight excluding hydrogens is 352 g/mol. The molecule has 0 bridgehead atoms. The summed E-state index contributed by atoms with van der Waals surface area (Å²) >= 11 is 24.4. The Morgan fingerprint density at radius 3 is 2.38 bits per heavy atom. The zero-order valence-corrected chi connectivity index (χ0v) is 13.4. The lowest BCUT2D eigenvalue weighted by molar-refractivity contribution is 0.112. The van der Waals surface area contributed by atoms with Gasteiger partial charge in [0.25, 0.3) is 0 Å². The van der Waals surface area contributed by atoms with Gasteiger partial charge in [-0.15, -0.1) is 0 Å². The molecular formula is C15H7Cl4NO. The van der Waals surface area contributed by atoms with Crippen molar-refractivity contribution in [1.82, 2.24) is 4.98 Å². The maximum Gasteiger partial charge on any atom is 0.152 e. The number of aromatic nitrogens is 1. The predicted molar refractivity (Wildman–Crippen MR) is 89.2 cm³/mol. The van der Waals surface area contributed by atoms with E-state index < -0.39 is 0 Å². The second-order valence-corrected chi connectivity index (χ2v) is 6.15. The van der Waals surface area contributed by atoms with Crippen molar-refractivity contribution in [2.45, 2.75) is 0 Å². The van der Waals surface area contributed by atoms with Crippen LogP contribution in [0.15, 0.2) is 30.3 Å². The summed E-state index contributed by atoms with van der Waals surface area (Å²) in [6.07, 6.45) is 0.741. The van der Waals surface area contributed by atoms with E-state index in [2.05, 4.69) is 4.98 Å². The van der Waals surface area contributed by atoms with E-state index in [0.717, 1.165) is 6.29 Å². The minimum atomic E-state index is 0.403. The van der Waals surface area contributed by atoms with Crippen LogP contribution in [0.4, 0.5) is 0 Å². The van der Waals surface area contributed by atoms with Crippen molar-refractivity contribution < 1.29 is 4.79 Å². The average molecular weight is 359 g/mol. The highest BCUT2D eigenvalue weighted by Crippen LogP contribution is 2.38. The molecule has 1 N–H and O–H groups in total. The van der Waals surface area contributed by atoms with Crippen LogP contribution < -0.4 is 0 Å². The summed E-state index contributed by atoms with van der Waals surface area (Å²) in [7, 11) is 0. The molecule has 0 unspecified atom stereocenters. The molecule has 1 heterocycles. The fraction of sp³-hybridized carbons (Fsp3) is 0. The molecule has 0 amide bonds. The van der Waals surface area contributed by atoms with Gasteiger partial charge in [0.2, 0.25) is 0 Å². The Kier molecular flexibility index (Phi) is 3.89. The number of hydrogen-bond acceptors (Lipinski definition) is 1. The van der Waals surface area contributed by atoms with Gasteiger partial charge in [-0.2, -0.15) is 0 Å². The van der Waals surface area contributed by atoms with Gasteiger partial charge in [-0.1, -0.05) is 46.4 Å². The third-order valence-corrected chi connectivity index (χ3v) is 4.25. The molecule has 21 heavy (non-hydrogen) atoms. The highest BCUT2D eigenvalue weighted by Gasteiger charge is 2.18. The van der Waals surface area contributed by atoms with Crippen molar-refractivity contribution in [3.63, 3.8) is 0 Å². The van der Waals surface area contributed by atoms with Crippen LogP contribution in [0.25, 0.3) is 22.2 Å². The van der Waals surface area contributed by atoms with E-state index in [1.165, 1.54) is 0 Å². The Morgan fingerprint density at radius 1 is 0.905 bits per heavy atom. The Morgan fingerprint density at radius 2 is 1.67 bits per heavy atom. The summed E-state index contributed by atoms with van der Waals surface area (Å²) in [5, 5.41) is 2.50. The third-order valence-electron chi connectivity index (χ3n) is 3.17. The van der Waals surface area contributed by atoms with Gasteiger partial charge >= 0.3 is 0 Å². The standard InChI is InChI=1S/C15H7Cl4NO/c16-7-1-2-11(18)9(3-7)15-10(6-21)14-12(19)4-8(17)5-13(14)20-15/h1-6,20H. The number of H-pyrrole nitrogens is 1. The average Bonchev–Trinajstić information content (AvgIpc) is 2.79. The summed E-state index contributed by atoms with van der Waals surface area (Å²) < 4.78 is 0. The number of carbonyl (C=O) groups is 1. The molecule has 106 valence electrons. The van der Waals surface area contributed by atoms with Crippen LogP contribution in [0.2, 0.25) is 20.1 Å². The van der Waals surface area contributed by atoms with E-state index in [1.54, 1.807) is 30.3 Å². The molecule has 1 aromatic heterocycles. The number of benzene rings is 2. The van der Waals surface area contributed by atoms with Crippen LogP contribution >= 0.6 is 46.4 Å². The lowest BCUT2D eigenvalue weighted by atomic mass is 10.1. The van der Waals surface area contributed by atoms with Gasteiger partial charge in [0.15, 0.2) is 6.29 Å². The van der Waals surface area contributed by atoms with Gasteiger partial charge < -0.3 is 4.98 Å². The highest BCUT2D eigenvalue weighted by atomic mass is 35.5. The second-order valence-electron chi connectivity index (χ2n) is 4.47. The van der Waals surface area contributed by atoms with Crippen molar-refractivity contribution in [2.75, 3.05) is 0 Å². The number of hydrogen-bond donors (Lipinski definition) is 1.